The Hall–Kier alpha value is -2.42. The Bertz CT molecular complexity index is 815. The van der Waals surface area contributed by atoms with Gasteiger partial charge in [-0.3, -0.25) is 14.5 Å². The lowest BCUT2D eigenvalue weighted by atomic mass is 9.81. The second-order valence-electron chi connectivity index (χ2n) is 8.29. The molecule has 0 bridgehead atoms. The van der Waals surface area contributed by atoms with Crippen LogP contribution in [0.25, 0.3) is 0 Å². The fraction of sp³-hybridized carbons (Fsp3) is 0.545. The van der Waals surface area contributed by atoms with Crippen LogP contribution in [0.4, 0.5) is 11.4 Å². The Balaban J connectivity index is 1.40. The highest BCUT2D eigenvalue weighted by Crippen LogP contribution is 2.28. The summed E-state index contributed by atoms with van der Waals surface area (Å²) in [4.78, 5) is 30.0. The highest BCUT2D eigenvalue weighted by Gasteiger charge is 2.37. The van der Waals surface area contributed by atoms with Gasteiger partial charge in [-0.25, -0.2) is 0 Å². The van der Waals surface area contributed by atoms with Crippen molar-refractivity contribution in [2.75, 3.05) is 62.6 Å². The maximum Gasteiger partial charge on any atom is 0.261 e. The first-order chi connectivity index (χ1) is 14.6. The minimum absolute atomic E-state index is 0.118. The quantitative estimate of drug-likeness (QED) is 0.514. The number of piperazine rings is 1. The molecule has 2 unspecified atom stereocenters. The van der Waals surface area contributed by atoms with E-state index in [1.54, 1.807) is 0 Å². The van der Waals surface area contributed by atoms with Gasteiger partial charge in [0, 0.05) is 62.6 Å². The van der Waals surface area contributed by atoms with E-state index in [-0.39, 0.29) is 36.0 Å². The van der Waals surface area contributed by atoms with Gasteiger partial charge in [0.25, 0.3) is 11.8 Å². The first-order valence-electron chi connectivity index (χ1n) is 10.8. The lowest BCUT2D eigenvalue weighted by Gasteiger charge is -2.38. The Morgan fingerprint density at radius 3 is 2.63 bits per heavy atom. The van der Waals surface area contributed by atoms with E-state index in [0.717, 1.165) is 63.5 Å². The Morgan fingerprint density at radius 1 is 1.20 bits per heavy atom. The van der Waals surface area contributed by atoms with Gasteiger partial charge in [-0.1, -0.05) is 0 Å². The smallest absolute Gasteiger partial charge is 0.261 e. The van der Waals surface area contributed by atoms with Crippen molar-refractivity contribution in [2.24, 2.45) is 5.92 Å². The summed E-state index contributed by atoms with van der Waals surface area (Å²) in [6.07, 6.45) is 0.887. The van der Waals surface area contributed by atoms with Crippen molar-refractivity contribution < 1.29 is 14.7 Å². The monoisotopic (exact) mass is 413 g/mol. The molecule has 4 N–H and O–H groups in total. The average Bonchev–Trinajstić information content (AvgIpc) is 2.75. The van der Waals surface area contributed by atoms with Crippen molar-refractivity contribution in [3.05, 3.63) is 35.4 Å². The van der Waals surface area contributed by atoms with Crippen LogP contribution in [-0.4, -0.2) is 80.3 Å². The van der Waals surface area contributed by atoms with Gasteiger partial charge in [-0.15, -0.1) is 0 Å². The van der Waals surface area contributed by atoms with Crippen LogP contribution < -0.4 is 20.9 Å². The normalized spacial score (nSPS) is 25.0. The van der Waals surface area contributed by atoms with Crippen molar-refractivity contribution in [1.82, 2.24) is 15.5 Å². The molecule has 8 nitrogen and oxygen atoms in total. The molecule has 30 heavy (non-hydrogen) atoms. The molecule has 0 radical (unpaired) electrons. The van der Waals surface area contributed by atoms with Crippen LogP contribution in [0.5, 0.6) is 0 Å². The first kappa shape index (κ1) is 20.8. The molecule has 8 heteroatoms. The third-order valence-electron chi connectivity index (χ3n) is 6.48. The number of hydrogen-bond acceptors (Lipinski definition) is 6. The van der Waals surface area contributed by atoms with Crippen molar-refractivity contribution >= 4 is 23.2 Å². The third-order valence-corrected chi connectivity index (χ3v) is 6.48. The average molecular weight is 414 g/mol. The lowest BCUT2D eigenvalue weighted by molar-refractivity contribution is -0.123. The predicted octanol–water partition coefficient (Wildman–Crippen LogP) is 0.164. The van der Waals surface area contributed by atoms with Crippen LogP contribution in [0.3, 0.4) is 0 Å². The maximum atomic E-state index is 12.9. The summed E-state index contributed by atoms with van der Waals surface area (Å²) >= 11 is 0. The minimum atomic E-state index is -0.348. The van der Waals surface area contributed by atoms with Gasteiger partial charge in [0.2, 0.25) is 0 Å². The largest absolute Gasteiger partial charge is 0.395 e. The number of carbonyl (C=O) groups is 2. The Morgan fingerprint density at radius 2 is 1.93 bits per heavy atom. The van der Waals surface area contributed by atoms with Gasteiger partial charge in [0.1, 0.15) is 5.57 Å². The molecule has 3 aliphatic rings. The highest BCUT2D eigenvalue weighted by atomic mass is 16.3. The van der Waals surface area contributed by atoms with E-state index in [1.165, 1.54) is 0 Å². The number of piperidine rings is 1. The molecule has 2 atom stereocenters. The highest BCUT2D eigenvalue weighted by molar-refractivity contribution is 6.23. The molecule has 3 heterocycles. The molecule has 2 amide bonds. The van der Waals surface area contributed by atoms with E-state index in [9.17, 15) is 9.59 Å². The van der Waals surface area contributed by atoms with Crippen molar-refractivity contribution in [3.63, 3.8) is 0 Å². The molecule has 4 rings (SSSR count). The standard InChI is InChI=1S/C22H31N5O3/c1-15-18-14-23-7-6-19(18)25-22(30)20(15)21(29)24-16-2-4-17(5-3-16)27-10-8-26(9-11-27)12-13-28/h2-5,18-19,23,28H,6-14H2,1H3,(H,24,29)(H,25,30). The fourth-order valence-corrected chi connectivity index (χ4v) is 4.69. The second-order valence-corrected chi connectivity index (χ2v) is 8.29. The van der Waals surface area contributed by atoms with Gasteiger partial charge in [-0.2, -0.15) is 0 Å². The van der Waals surface area contributed by atoms with E-state index < -0.39 is 0 Å². The fourth-order valence-electron chi connectivity index (χ4n) is 4.69. The van der Waals surface area contributed by atoms with Crippen molar-refractivity contribution in [1.29, 1.82) is 0 Å². The molecule has 0 aliphatic carbocycles. The molecule has 0 aromatic heterocycles. The summed E-state index contributed by atoms with van der Waals surface area (Å²) in [5, 5.41) is 18.3. The van der Waals surface area contributed by atoms with Gasteiger partial charge in [-0.05, 0) is 49.7 Å². The SMILES string of the molecule is CC1=C(C(=O)Nc2ccc(N3CCN(CCO)CC3)cc2)C(=O)NC2CCNCC12. The molecular formula is C22H31N5O3. The zero-order valence-corrected chi connectivity index (χ0v) is 17.5. The van der Waals surface area contributed by atoms with E-state index in [4.69, 9.17) is 5.11 Å². The molecule has 0 saturated carbocycles. The summed E-state index contributed by atoms with van der Waals surface area (Å²) in [6.45, 7) is 8.17. The predicted molar refractivity (Wildman–Crippen MR) is 116 cm³/mol. The third kappa shape index (κ3) is 4.35. The number of anilines is 2. The Labute approximate surface area is 177 Å². The number of nitrogens with zero attached hydrogens (tertiary/aromatic N) is 2. The summed E-state index contributed by atoms with van der Waals surface area (Å²) < 4.78 is 0. The summed E-state index contributed by atoms with van der Waals surface area (Å²) in [6, 6.07) is 7.89. The van der Waals surface area contributed by atoms with Crippen LogP contribution in [0.15, 0.2) is 35.4 Å². The number of carbonyl (C=O) groups excluding carboxylic acids is 2. The number of β-amino-alcohol motifs (C(OH)–C–C–N with tert-alkyl or cyclic N) is 1. The van der Waals surface area contributed by atoms with Crippen LogP contribution >= 0.6 is 0 Å². The summed E-state index contributed by atoms with van der Waals surface area (Å²) in [7, 11) is 0. The van der Waals surface area contributed by atoms with Crippen LogP contribution in [-0.2, 0) is 9.59 Å². The number of hydrogen-bond donors (Lipinski definition) is 4. The second kappa shape index (κ2) is 9.16. The van der Waals surface area contributed by atoms with E-state index in [0.29, 0.717) is 5.69 Å². The molecule has 0 spiro atoms. The number of aliphatic hydroxyl groups is 1. The van der Waals surface area contributed by atoms with Crippen LogP contribution in [0, 0.1) is 5.92 Å². The zero-order valence-electron chi connectivity index (χ0n) is 17.5. The lowest BCUT2D eigenvalue weighted by Crippen LogP contribution is -2.54. The Kier molecular flexibility index (Phi) is 6.36. The molecular weight excluding hydrogens is 382 g/mol. The number of nitrogens with one attached hydrogen (secondary N) is 3. The molecule has 162 valence electrons. The number of fused-ring (bicyclic) bond motifs is 1. The van der Waals surface area contributed by atoms with E-state index in [2.05, 4.69) is 25.8 Å². The van der Waals surface area contributed by atoms with E-state index in [1.807, 2.05) is 31.2 Å². The van der Waals surface area contributed by atoms with Crippen molar-refractivity contribution in [3.8, 4) is 0 Å². The molecule has 2 fully saturated rings. The summed E-state index contributed by atoms with van der Waals surface area (Å²) in [5.74, 6) is -0.450. The number of aliphatic hydroxyl groups excluding tert-OH is 1. The first-order valence-corrected chi connectivity index (χ1v) is 10.8. The number of rotatable bonds is 5. The van der Waals surface area contributed by atoms with Gasteiger partial charge >= 0.3 is 0 Å². The topological polar surface area (TPSA) is 96.9 Å². The van der Waals surface area contributed by atoms with Crippen molar-refractivity contribution in [2.45, 2.75) is 19.4 Å². The maximum absolute atomic E-state index is 12.9. The van der Waals surface area contributed by atoms with Gasteiger partial charge < -0.3 is 26.0 Å². The zero-order chi connectivity index (χ0) is 21.1. The molecule has 3 aliphatic heterocycles. The van der Waals surface area contributed by atoms with Gasteiger partial charge in [0.05, 0.1) is 6.61 Å². The molecule has 1 aromatic carbocycles. The van der Waals surface area contributed by atoms with E-state index >= 15 is 0 Å². The summed E-state index contributed by atoms with van der Waals surface area (Å²) in [5.41, 5.74) is 2.90. The number of benzene rings is 1. The van der Waals surface area contributed by atoms with Crippen LogP contribution in [0.1, 0.15) is 13.3 Å². The van der Waals surface area contributed by atoms with Gasteiger partial charge in [0.15, 0.2) is 0 Å². The molecule has 2 saturated heterocycles. The number of amides is 2. The molecule has 1 aromatic rings. The van der Waals surface area contributed by atoms with Crippen LogP contribution in [0.2, 0.25) is 0 Å². The minimum Gasteiger partial charge on any atom is -0.395 e.